The normalized spacial score (nSPS) is 13.9. The Kier molecular flexibility index (Phi) is 2.80. The second-order valence-electron chi connectivity index (χ2n) is 4.77. The standard InChI is InChI=1S/C12H12ClN3O/c1-12(2,3)17-10-9-7(6-14)4-5-8(9)15-11(13)16-10/h4H,5H2,1-3H3. The van der Waals surface area contributed by atoms with Crippen LogP contribution in [0.15, 0.2) is 6.08 Å². The summed E-state index contributed by atoms with van der Waals surface area (Å²) in [5.74, 6) is 0.387. The molecule has 1 aliphatic carbocycles. The number of allylic oxidation sites excluding steroid dienone is 2. The molecule has 0 atom stereocenters. The molecule has 1 heterocycles. The minimum Gasteiger partial charge on any atom is -0.471 e. The van der Waals surface area contributed by atoms with E-state index in [1.165, 1.54) is 0 Å². The molecule has 0 saturated carbocycles. The summed E-state index contributed by atoms with van der Waals surface area (Å²) in [7, 11) is 0. The number of fused-ring (bicyclic) bond motifs is 1. The molecule has 0 aliphatic heterocycles. The Hall–Kier alpha value is -1.60. The van der Waals surface area contributed by atoms with Gasteiger partial charge >= 0.3 is 0 Å². The number of hydrogen-bond acceptors (Lipinski definition) is 4. The maximum Gasteiger partial charge on any atom is 0.227 e. The lowest BCUT2D eigenvalue weighted by Crippen LogP contribution is -2.24. The Morgan fingerprint density at radius 1 is 1.41 bits per heavy atom. The molecule has 5 heteroatoms. The number of nitrogens with zero attached hydrogens (tertiary/aromatic N) is 3. The number of rotatable bonds is 1. The molecule has 0 spiro atoms. The van der Waals surface area contributed by atoms with Gasteiger partial charge in [-0.05, 0) is 32.4 Å². The summed E-state index contributed by atoms with van der Waals surface area (Å²) < 4.78 is 5.73. The molecule has 0 unspecified atom stereocenters. The molecule has 1 aliphatic rings. The van der Waals surface area contributed by atoms with Crippen molar-refractivity contribution in [1.82, 2.24) is 9.97 Å². The molecule has 4 nitrogen and oxygen atoms in total. The molecule has 0 bridgehead atoms. The van der Waals surface area contributed by atoms with Crippen molar-refractivity contribution in [2.45, 2.75) is 32.8 Å². The first kappa shape index (κ1) is 11.9. The summed E-state index contributed by atoms with van der Waals surface area (Å²) in [6, 6.07) is 2.12. The summed E-state index contributed by atoms with van der Waals surface area (Å²) in [6.07, 6.45) is 2.41. The predicted octanol–water partition coefficient (Wildman–Crippen LogP) is 2.77. The van der Waals surface area contributed by atoms with Crippen LogP contribution in [0.3, 0.4) is 0 Å². The van der Waals surface area contributed by atoms with Crippen molar-refractivity contribution >= 4 is 17.2 Å². The fourth-order valence-corrected chi connectivity index (χ4v) is 1.82. The Labute approximate surface area is 105 Å². The predicted molar refractivity (Wildman–Crippen MR) is 64.7 cm³/mol. The first-order chi connectivity index (χ1) is 7.90. The lowest BCUT2D eigenvalue weighted by molar-refractivity contribution is 0.123. The van der Waals surface area contributed by atoms with Crippen LogP contribution in [0.25, 0.3) is 5.57 Å². The first-order valence-electron chi connectivity index (χ1n) is 5.27. The van der Waals surface area contributed by atoms with E-state index in [9.17, 15) is 0 Å². The van der Waals surface area contributed by atoms with Crippen molar-refractivity contribution in [3.63, 3.8) is 0 Å². The summed E-state index contributed by atoms with van der Waals surface area (Å²) in [5, 5.41) is 9.19. The minimum absolute atomic E-state index is 0.149. The minimum atomic E-state index is -0.394. The molecule has 0 fully saturated rings. The third kappa shape index (κ3) is 2.40. The van der Waals surface area contributed by atoms with Gasteiger partial charge < -0.3 is 4.74 Å². The molecule has 0 N–H and O–H groups in total. The summed E-state index contributed by atoms with van der Waals surface area (Å²) in [5.41, 5.74) is 1.58. The molecule has 1 aromatic heterocycles. The van der Waals surface area contributed by atoms with Gasteiger partial charge in [0.2, 0.25) is 11.2 Å². The van der Waals surface area contributed by atoms with Crippen LogP contribution in [-0.4, -0.2) is 15.6 Å². The van der Waals surface area contributed by atoms with Crippen molar-refractivity contribution in [2.75, 3.05) is 0 Å². The quantitative estimate of drug-likeness (QED) is 0.718. The molecule has 17 heavy (non-hydrogen) atoms. The highest BCUT2D eigenvalue weighted by Gasteiger charge is 2.25. The molecule has 0 aromatic carbocycles. The van der Waals surface area contributed by atoms with E-state index >= 15 is 0 Å². The van der Waals surface area contributed by atoms with Gasteiger partial charge in [0.25, 0.3) is 0 Å². The molecule has 2 rings (SSSR count). The van der Waals surface area contributed by atoms with E-state index in [-0.39, 0.29) is 5.28 Å². The Balaban J connectivity index is 2.53. The van der Waals surface area contributed by atoms with Gasteiger partial charge in [0.1, 0.15) is 5.60 Å². The van der Waals surface area contributed by atoms with E-state index in [1.807, 2.05) is 26.8 Å². The molecule has 0 radical (unpaired) electrons. The summed E-state index contributed by atoms with van der Waals surface area (Å²) in [4.78, 5) is 8.18. The van der Waals surface area contributed by atoms with E-state index in [0.717, 1.165) is 5.69 Å². The van der Waals surface area contributed by atoms with Crippen molar-refractivity contribution < 1.29 is 4.74 Å². The Morgan fingerprint density at radius 3 is 2.71 bits per heavy atom. The molecule has 1 aromatic rings. The maximum absolute atomic E-state index is 9.04. The highest BCUT2D eigenvalue weighted by Crippen LogP contribution is 2.34. The zero-order valence-corrected chi connectivity index (χ0v) is 10.7. The van der Waals surface area contributed by atoms with Gasteiger partial charge in [-0.1, -0.05) is 6.08 Å². The van der Waals surface area contributed by atoms with Crippen LogP contribution in [0.2, 0.25) is 5.28 Å². The maximum atomic E-state index is 9.04. The van der Waals surface area contributed by atoms with Crippen molar-refractivity contribution in [3.05, 3.63) is 22.6 Å². The SMILES string of the molecule is CC(C)(C)Oc1nc(Cl)nc2c1C(C#N)=CC2. The highest BCUT2D eigenvalue weighted by atomic mass is 35.5. The van der Waals surface area contributed by atoms with Gasteiger partial charge in [0.05, 0.1) is 22.9 Å². The van der Waals surface area contributed by atoms with Crippen LogP contribution in [0.1, 0.15) is 32.0 Å². The van der Waals surface area contributed by atoms with Gasteiger partial charge in [-0.25, -0.2) is 4.98 Å². The van der Waals surface area contributed by atoms with Gasteiger partial charge in [-0.15, -0.1) is 0 Å². The van der Waals surface area contributed by atoms with E-state index in [2.05, 4.69) is 16.0 Å². The van der Waals surface area contributed by atoms with Gasteiger partial charge in [0.15, 0.2) is 0 Å². The largest absolute Gasteiger partial charge is 0.471 e. The second kappa shape index (κ2) is 4.01. The smallest absolute Gasteiger partial charge is 0.227 e. The number of halogens is 1. The Morgan fingerprint density at radius 2 is 2.12 bits per heavy atom. The zero-order valence-electron chi connectivity index (χ0n) is 9.91. The molecule has 0 amide bonds. The first-order valence-corrected chi connectivity index (χ1v) is 5.64. The zero-order chi connectivity index (χ0) is 12.6. The number of aromatic nitrogens is 2. The third-order valence-electron chi connectivity index (χ3n) is 2.22. The Bertz CT molecular complexity index is 538. The summed E-state index contributed by atoms with van der Waals surface area (Å²) >= 11 is 5.84. The van der Waals surface area contributed by atoms with Gasteiger partial charge in [-0.2, -0.15) is 10.2 Å². The second-order valence-corrected chi connectivity index (χ2v) is 5.11. The lowest BCUT2D eigenvalue weighted by Gasteiger charge is -2.22. The third-order valence-corrected chi connectivity index (χ3v) is 2.38. The number of hydrogen-bond donors (Lipinski definition) is 0. The van der Waals surface area contributed by atoms with Crippen LogP contribution in [0.4, 0.5) is 0 Å². The number of ether oxygens (including phenoxy) is 1. The fourth-order valence-electron chi connectivity index (χ4n) is 1.64. The number of nitriles is 1. The van der Waals surface area contributed by atoms with E-state index in [0.29, 0.717) is 23.4 Å². The van der Waals surface area contributed by atoms with Crippen LogP contribution < -0.4 is 4.74 Å². The molecule has 0 saturated heterocycles. The van der Waals surface area contributed by atoms with Gasteiger partial charge in [0, 0.05) is 6.42 Å². The highest BCUT2D eigenvalue weighted by molar-refractivity contribution is 6.28. The monoisotopic (exact) mass is 249 g/mol. The van der Waals surface area contributed by atoms with Crippen LogP contribution >= 0.6 is 11.6 Å². The average Bonchev–Trinajstić information content (AvgIpc) is 2.57. The van der Waals surface area contributed by atoms with E-state index in [1.54, 1.807) is 0 Å². The van der Waals surface area contributed by atoms with Crippen LogP contribution in [0, 0.1) is 11.3 Å². The molecular weight excluding hydrogens is 238 g/mol. The molecular formula is C12H12ClN3O. The van der Waals surface area contributed by atoms with E-state index < -0.39 is 5.60 Å². The van der Waals surface area contributed by atoms with Crippen molar-refractivity contribution in [3.8, 4) is 11.9 Å². The topological polar surface area (TPSA) is 58.8 Å². The molecule has 88 valence electrons. The van der Waals surface area contributed by atoms with Crippen molar-refractivity contribution in [1.29, 1.82) is 5.26 Å². The van der Waals surface area contributed by atoms with Crippen molar-refractivity contribution in [2.24, 2.45) is 0 Å². The average molecular weight is 250 g/mol. The fraction of sp³-hybridized carbons (Fsp3) is 0.417. The van der Waals surface area contributed by atoms with Crippen LogP contribution in [0.5, 0.6) is 5.88 Å². The van der Waals surface area contributed by atoms with Crippen LogP contribution in [-0.2, 0) is 6.42 Å². The van der Waals surface area contributed by atoms with Gasteiger partial charge in [-0.3, -0.25) is 0 Å². The lowest BCUT2D eigenvalue weighted by atomic mass is 10.1. The summed E-state index contributed by atoms with van der Waals surface area (Å²) in [6.45, 7) is 5.75. The van der Waals surface area contributed by atoms with E-state index in [4.69, 9.17) is 21.6 Å².